The first-order valence-corrected chi connectivity index (χ1v) is 4.93. The molecule has 0 aromatic heterocycles. The van der Waals surface area contributed by atoms with Gasteiger partial charge in [-0.15, -0.1) is 11.6 Å². The lowest BCUT2D eigenvalue weighted by Gasteiger charge is -2.04. The van der Waals surface area contributed by atoms with E-state index < -0.39 is 10.7 Å². The van der Waals surface area contributed by atoms with Crippen LogP contribution in [0, 0.1) is 17.0 Å². The molecule has 80 valence electrons. The number of alkyl halides is 1. The van der Waals surface area contributed by atoms with Crippen molar-refractivity contribution in [2.75, 3.05) is 5.88 Å². The number of nitro groups is 1. The number of nitrogens with zero attached hydrogens (tertiary/aromatic N) is 1. The Morgan fingerprint density at radius 2 is 2.13 bits per heavy atom. The number of carbonyl (C=O) groups is 1. The first-order valence-electron chi connectivity index (χ1n) is 4.01. The minimum atomic E-state index is -0.624. The van der Waals surface area contributed by atoms with E-state index >= 15 is 0 Å². The molecule has 0 amide bonds. The van der Waals surface area contributed by atoms with Crippen LogP contribution in [0.1, 0.15) is 15.9 Å². The molecule has 6 heteroatoms. The number of Topliss-reactive ketones (excluding diaryl/α,β-unsaturated/α-hetero) is 1. The summed E-state index contributed by atoms with van der Waals surface area (Å²) in [5.41, 5.74) is 0.00248. The largest absolute Gasteiger partial charge is 0.292 e. The monoisotopic (exact) mass is 247 g/mol. The summed E-state index contributed by atoms with van der Waals surface area (Å²) in [7, 11) is 0. The number of halogens is 2. The SMILES string of the molecule is Cc1ccc(Cl)c(C(=O)CCl)c1[N+](=O)[O-]. The lowest BCUT2D eigenvalue weighted by Crippen LogP contribution is -2.07. The van der Waals surface area contributed by atoms with Gasteiger partial charge >= 0.3 is 0 Å². The van der Waals surface area contributed by atoms with Crippen molar-refractivity contribution < 1.29 is 9.72 Å². The normalized spacial score (nSPS) is 10.1. The van der Waals surface area contributed by atoms with E-state index in [4.69, 9.17) is 23.2 Å². The molecule has 0 fully saturated rings. The molecule has 0 atom stereocenters. The van der Waals surface area contributed by atoms with Crippen molar-refractivity contribution in [2.24, 2.45) is 0 Å². The van der Waals surface area contributed by atoms with Crippen LogP contribution >= 0.6 is 23.2 Å². The molecule has 4 nitrogen and oxygen atoms in total. The van der Waals surface area contributed by atoms with Crippen LogP contribution in [-0.2, 0) is 0 Å². The molecular formula is C9H7Cl2NO3. The van der Waals surface area contributed by atoms with Crippen LogP contribution < -0.4 is 0 Å². The van der Waals surface area contributed by atoms with E-state index in [-0.39, 0.29) is 22.2 Å². The van der Waals surface area contributed by atoms with Gasteiger partial charge in [0.1, 0.15) is 5.56 Å². The summed E-state index contributed by atoms with van der Waals surface area (Å²) < 4.78 is 0. The molecule has 1 rings (SSSR count). The highest BCUT2D eigenvalue weighted by molar-refractivity contribution is 6.38. The maximum atomic E-state index is 11.4. The van der Waals surface area contributed by atoms with E-state index in [9.17, 15) is 14.9 Å². The molecule has 0 aliphatic carbocycles. The van der Waals surface area contributed by atoms with Gasteiger partial charge in [0, 0.05) is 5.56 Å². The van der Waals surface area contributed by atoms with Gasteiger partial charge in [-0.05, 0) is 13.0 Å². The van der Waals surface area contributed by atoms with Gasteiger partial charge in [-0.1, -0.05) is 17.7 Å². The lowest BCUT2D eigenvalue weighted by atomic mass is 10.1. The summed E-state index contributed by atoms with van der Waals surface area (Å²) in [4.78, 5) is 21.5. The Morgan fingerprint density at radius 1 is 1.53 bits per heavy atom. The molecule has 0 aliphatic heterocycles. The predicted octanol–water partition coefficient (Wildman–Crippen LogP) is 2.98. The second-order valence-corrected chi connectivity index (χ2v) is 3.58. The quantitative estimate of drug-likeness (QED) is 0.357. The maximum absolute atomic E-state index is 11.4. The minimum absolute atomic E-state index is 0.0537. The fourth-order valence-electron chi connectivity index (χ4n) is 1.24. The summed E-state index contributed by atoms with van der Waals surface area (Å²) in [6.45, 7) is 1.54. The minimum Gasteiger partial charge on any atom is -0.292 e. The van der Waals surface area contributed by atoms with Gasteiger partial charge in [0.2, 0.25) is 0 Å². The molecule has 0 bridgehead atoms. The van der Waals surface area contributed by atoms with Gasteiger partial charge in [-0.3, -0.25) is 14.9 Å². The van der Waals surface area contributed by atoms with Crippen molar-refractivity contribution in [3.63, 3.8) is 0 Å². The Bertz CT molecular complexity index is 432. The third kappa shape index (κ3) is 2.27. The van der Waals surface area contributed by atoms with E-state index in [0.29, 0.717) is 5.56 Å². The van der Waals surface area contributed by atoms with Crippen LogP contribution in [0.15, 0.2) is 12.1 Å². The Morgan fingerprint density at radius 3 is 2.60 bits per heavy atom. The predicted molar refractivity (Wildman–Crippen MR) is 57.9 cm³/mol. The number of nitro benzene ring substituents is 1. The molecule has 0 spiro atoms. The zero-order chi connectivity index (χ0) is 11.6. The molecule has 0 unspecified atom stereocenters. The molecule has 0 saturated carbocycles. The number of hydrogen-bond acceptors (Lipinski definition) is 3. The molecule has 1 aromatic carbocycles. The van der Waals surface area contributed by atoms with E-state index in [0.717, 1.165) is 0 Å². The fourth-order valence-corrected chi connectivity index (χ4v) is 1.63. The zero-order valence-electron chi connectivity index (χ0n) is 7.79. The second-order valence-electron chi connectivity index (χ2n) is 2.90. The summed E-state index contributed by atoms with van der Waals surface area (Å²) in [5.74, 6) is -0.874. The topological polar surface area (TPSA) is 60.2 Å². The number of ketones is 1. The molecular weight excluding hydrogens is 241 g/mol. The van der Waals surface area contributed by atoms with Gasteiger partial charge in [-0.2, -0.15) is 0 Å². The van der Waals surface area contributed by atoms with E-state index in [2.05, 4.69) is 0 Å². The molecule has 0 radical (unpaired) electrons. The highest BCUT2D eigenvalue weighted by Crippen LogP contribution is 2.30. The number of rotatable bonds is 3. The molecule has 0 saturated heterocycles. The highest BCUT2D eigenvalue weighted by Gasteiger charge is 2.25. The average Bonchev–Trinajstić information content (AvgIpc) is 2.19. The number of hydrogen-bond donors (Lipinski definition) is 0. The lowest BCUT2D eigenvalue weighted by molar-refractivity contribution is -0.385. The Hall–Kier alpha value is -1.13. The summed E-state index contributed by atoms with van der Waals surface area (Å²) in [6.07, 6.45) is 0. The molecule has 0 aliphatic rings. The zero-order valence-corrected chi connectivity index (χ0v) is 9.30. The first-order chi connectivity index (χ1) is 6.99. The molecule has 0 N–H and O–H groups in total. The Kier molecular flexibility index (Phi) is 3.66. The van der Waals surface area contributed by atoms with Crippen LogP contribution in [0.5, 0.6) is 0 Å². The van der Waals surface area contributed by atoms with Crippen molar-refractivity contribution in [3.8, 4) is 0 Å². The van der Waals surface area contributed by atoms with Gasteiger partial charge in [0.25, 0.3) is 5.69 Å². The third-order valence-electron chi connectivity index (χ3n) is 1.91. The van der Waals surface area contributed by atoms with Gasteiger partial charge < -0.3 is 0 Å². The number of aryl methyl sites for hydroxylation is 1. The van der Waals surface area contributed by atoms with Crippen molar-refractivity contribution >= 4 is 34.7 Å². The highest BCUT2D eigenvalue weighted by atomic mass is 35.5. The van der Waals surface area contributed by atoms with Crippen LogP contribution in [-0.4, -0.2) is 16.6 Å². The summed E-state index contributed by atoms with van der Waals surface area (Å²) in [6, 6.07) is 2.94. The van der Waals surface area contributed by atoms with Crippen molar-refractivity contribution in [3.05, 3.63) is 38.4 Å². The number of benzene rings is 1. The molecule has 1 aromatic rings. The standard InChI is InChI=1S/C9H7Cl2NO3/c1-5-2-3-6(11)8(7(13)4-10)9(5)12(14)15/h2-3H,4H2,1H3. The summed E-state index contributed by atoms with van der Waals surface area (Å²) in [5, 5.41) is 10.8. The first kappa shape index (κ1) is 11.9. The van der Waals surface area contributed by atoms with Crippen LogP contribution in [0.25, 0.3) is 0 Å². The van der Waals surface area contributed by atoms with E-state index in [1.165, 1.54) is 12.1 Å². The van der Waals surface area contributed by atoms with Crippen molar-refractivity contribution in [2.45, 2.75) is 6.92 Å². The Balaban J connectivity index is 3.52. The smallest absolute Gasteiger partial charge is 0.284 e. The van der Waals surface area contributed by atoms with E-state index in [1.54, 1.807) is 6.92 Å². The summed E-state index contributed by atoms with van der Waals surface area (Å²) >= 11 is 11.1. The third-order valence-corrected chi connectivity index (χ3v) is 2.47. The van der Waals surface area contributed by atoms with Crippen molar-refractivity contribution in [1.82, 2.24) is 0 Å². The number of carbonyl (C=O) groups excluding carboxylic acids is 1. The van der Waals surface area contributed by atoms with Crippen LogP contribution in [0.4, 0.5) is 5.69 Å². The van der Waals surface area contributed by atoms with Gasteiger partial charge in [0.05, 0.1) is 15.8 Å². The second kappa shape index (κ2) is 4.59. The molecule has 0 heterocycles. The van der Waals surface area contributed by atoms with Gasteiger partial charge in [-0.25, -0.2) is 0 Å². The molecule has 15 heavy (non-hydrogen) atoms. The van der Waals surface area contributed by atoms with E-state index in [1.807, 2.05) is 0 Å². The average molecular weight is 248 g/mol. The van der Waals surface area contributed by atoms with Crippen LogP contribution in [0.2, 0.25) is 5.02 Å². The van der Waals surface area contributed by atoms with Gasteiger partial charge in [0.15, 0.2) is 5.78 Å². The van der Waals surface area contributed by atoms with Crippen LogP contribution in [0.3, 0.4) is 0 Å². The fraction of sp³-hybridized carbons (Fsp3) is 0.222. The maximum Gasteiger partial charge on any atom is 0.284 e. The Labute approximate surface area is 95.9 Å². The van der Waals surface area contributed by atoms with Crippen molar-refractivity contribution in [1.29, 1.82) is 0 Å².